The first kappa shape index (κ1) is 19.1. The third-order valence-electron chi connectivity index (χ3n) is 4.30. The molecule has 0 saturated heterocycles. The topological polar surface area (TPSA) is 132 Å². The Bertz CT molecular complexity index is 973. The second kappa shape index (κ2) is 7.92. The first-order valence-electron chi connectivity index (χ1n) is 8.58. The van der Waals surface area contributed by atoms with Gasteiger partial charge < -0.3 is 24.7 Å². The molecule has 1 aromatic heterocycles. The largest absolute Gasteiger partial charge is 0.493 e. The zero-order chi connectivity index (χ0) is 20.3. The normalized spacial score (nSPS) is 15.3. The maximum absolute atomic E-state index is 11.5. The summed E-state index contributed by atoms with van der Waals surface area (Å²) in [7, 11) is 1.49. The molecule has 0 spiro atoms. The molecule has 0 fully saturated rings. The van der Waals surface area contributed by atoms with Crippen LogP contribution in [0.3, 0.4) is 0 Å². The van der Waals surface area contributed by atoms with Crippen LogP contribution in [0.15, 0.2) is 29.7 Å². The van der Waals surface area contributed by atoms with Crippen molar-refractivity contribution in [1.29, 1.82) is 5.26 Å². The lowest BCUT2D eigenvalue weighted by Crippen LogP contribution is -2.21. The lowest BCUT2D eigenvalue weighted by atomic mass is 9.84. The zero-order valence-corrected chi connectivity index (χ0v) is 15.7. The summed E-state index contributed by atoms with van der Waals surface area (Å²) in [6.45, 7) is 3.60. The number of fused-ring (bicyclic) bond motifs is 1. The van der Waals surface area contributed by atoms with E-state index in [4.69, 9.17) is 24.7 Å². The van der Waals surface area contributed by atoms with Crippen molar-refractivity contribution in [3.05, 3.63) is 46.5 Å². The summed E-state index contributed by atoms with van der Waals surface area (Å²) in [5.41, 5.74) is 8.44. The van der Waals surface area contributed by atoms with E-state index >= 15 is 0 Å². The molecule has 0 aliphatic carbocycles. The molecule has 1 aromatic carbocycles. The van der Waals surface area contributed by atoms with Crippen LogP contribution in [0.5, 0.6) is 17.4 Å². The summed E-state index contributed by atoms with van der Waals surface area (Å²) in [6, 6.07) is 7.30. The molecule has 0 saturated carbocycles. The number of nitrogens with two attached hydrogens (primary N) is 1. The molecule has 1 aliphatic rings. The van der Waals surface area contributed by atoms with Gasteiger partial charge in [-0.05, 0) is 31.5 Å². The Morgan fingerprint density at radius 1 is 1.43 bits per heavy atom. The van der Waals surface area contributed by atoms with Gasteiger partial charge in [0.05, 0.1) is 19.6 Å². The Morgan fingerprint density at radius 2 is 2.21 bits per heavy atom. The van der Waals surface area contributed by atoms with Crippen molar-refractivity contribution in [1.82, 2.24) is 10.2 Å². The number of hydrogen-bond acceptors (Lipinski definition) is 8. The fourth-order valence-electron chi connectivity index (χ4n) is 3.05. The van der Waals surface area contributed by atoms with E-state index < -0.39 is 11.9 Å². The number of aryl methyl sites for hydroxylation is 1. The predicted molar refractivity (Wildman–Crippen MR) is 97.7 cm³/mol. The van der Waals surface area contributed by atoms with Gasteiger partial charge in [0.25, 0.3) is 0 Å². The van der Waals surface area contributed by atoms with Crippen molar-refractivity contribution in [2.75, 3.05) is 20.3 Å². The van der Waals surface area contributed by atoms with Gasteiger partial charge in [0.1, 0.15) is 11.6 Å². The predicted octanol–water partition coefficient (Wildman–Crippen LogP) is 1.89. The number of carbonyl (C=O) groups excluding carboxylic acids is 1. The van der Waals surface area contributed by atoms with Crippen LogP contribution in [-0.2, 0) is 9.53 Å². The number of carbonyl (C=O) groups is 1. The summed E-state index contributed by atoms with van der Waals surface area (Å²) in [5.74, 6) is 0.186. The SMILES string of the molecule is CCOC(=O)COc1ccc(C2C(C#N)=C(N)Oc3n[nH]c(C)c32)cc1OC. The van der Waals surface area contributed by atoms with E-state index in [1.54, 1.807) is 25.1 Å². The Hall–Kier alpha value is -3.67. The van der Waals surface area contributed by atoms with Crippen LogP contribution in [0.2, 0.25) is 0 Å². The number of benzene rings is 1. The maximum Gasteiger partial charge on any atom is 0.344 e. The third kappa shape index (κ3) is 3.44. The van der Waals surface area contributed by atoms with E-state index in [9.17, 15) is 10.1 Å². The van der Waals surface area contributed by atoms with Gasteiger partial charge >= 0.3 is 5.97 Å². The molecule has 0 bridgehead atoms. The highest BCUT2D eigenvalue weighted by molar-refractivity contribution is 5.71. The van der Waals surface area contributed by atoms with Gasteiger partial charge in [-0.2, -0.15) is 5.26 Å². The number of aromatic amines is 1. The molecule has 146 valence electrons. The number of rotatable bonds is 6. The van der Waals surface area contributed by atoms with Crippen molar-refractivity contribution in [2.45, 2.75) is 19.8 Å². The molecule has 28 heavy (non-hydrogen) atoms. The average Bonchev–Trinajstić information content (AvgIpc) is 3.05. The number of methoxy groups -OCH3 is 1. The lowest BCUT2D eigenvalue weighted by Gasteiger charge is -2.24. The van der Waals surface area contributed by atoms with Gasteiger partial charge in [0, 0.05) is 11.3 Å². The second-order valence-electron chi connectivity index (χ2n) is 6.00. The van der Waals surface area contributed by atoms with E-state index in [0.29, 0.717) is 17.4 Å². The van der Waals surface area contributed by atoms with Crippen molar-refractivity contribution in [2.24, 2.45) is 5.73 Å². The zero-order valence-electron chi connectivity index (χ0n) is 15.7. The second-order valence-corrected chi connectivity index (χ2v) is 6.00. The van der Waals surface area contributed by atoms with Crippen LogP contribution >= 0.6 is 0 Å². The van der Waals surface area contributed by atoms with Crippen LogP contribution in [0.4, 0.5) is 0 Å². The van der Waals surface area contributed by atoms with E-state index in [2.05, 4.69) is 16.3 Å². The minimum absolute atomic E-state index is 0.00750. The minimum Gasteiger partial charge on any atom is -0.493 e. The number of hydrogen-bond donors (Lipinski definition) is 2. The van der Waals surface area contributed by atoms with Crippen LogP contribution < -0.4 is 19.9 Å². The van der Waals surface area contributed by atoms with Gasteiger partial charge in [-0.25, -0.2) is 4.79 Å². The molecule has 0 amide bonds. The third-order valence-corrected chi connectivity index (χ3v) is 4.30. The molecular formula is C19H20N4O5. The van der Waals surface area contributed by atoms with E-state index in [-0.39, 0.29) is 24.7 Å². The highest BCUT2D eigenvalue weighted by Gasteiger charge is 2.34. The van der Waals surface area contributed by atoms with Gasteiger partial charge in [0.2, 0.25) is 11.8 Å². The summed E-state index contributed by atoms with van der Waals surface area (Å²) >= 11 is 0. The number of aromatic nitrogens is 2. The van der Waals surface area contributed by atoms with Crippen molar-refractivity contribution in [3.8, 4) is 23.4 Å². The van der Waals surface area contributed by atoms with Gasteiger partial charge in [-0.15, -0.1) is 5.10 Å². The number of nitrogens with one attached hydrogen (secondary N) is 1. The smallest absolute Gasteiger partial charge is 0.344 e. The number of H-pyrrole nitrogens is 1. The number of nitrogens with zero attached hydrogens (tertiary/aromatic N) is 2. The standard InChI is InChI=1S/C19H20N4O5/c1-4-26-15(24)9-27-13-6-5-11(7-14(13)25-3)17-12(8-20)18(21)28-19-16(17)10(2)22-23-19/h5-7,17H,4,9,21H2,1-3H3,(H,22,23). The van der Waals surface area contributed by atoms with E-state index in [0.717, 1.165) is 16.8 Å². The molecule has 9 heteroatoms. The van der Waals surface area contributed by atoms with Crippen LogP contribution in [0.1, 0.15) is 29.7 Å². The molecule has 1 unspecified atom stereocenters. The quantitative estimate of drug-likeness (QED) is 0.722. The molecule has 9 nitrogen and oxygen atoms in total. The van der Waals surface area contributed by atoms with Crippen LogP contribution in [0.25, 0.3) is 0 Å². The summed E-state index contributed by atoms with van der Waals surface area (Å²) < 4.78 is 21.2. The molecule has 3 N–H and O–H groups in total. The van der Waals surface area contributed by atoms with Crippen molar-refractivity contribution >= 4 is 5.97 Å². The molecule has 1 aliphatic heterocycles. The van der Waals surface area contributed by atoms with Crippen LogP contribution in [0, 0.1) is 18.3 Å². The Kier molecular flexibility index (Phi) is 5.40. The molecule has 2 aromatic rings. The average molecular weight is 384 g/mol. The molecule has 1 atom stereocenters. The Labute approximate surface area is 161 Å². The van der Waals surface area contributed by atoms with E-state index in [1.807, 2.05) is 6.92 Å². The number of nitriles is 1. The van der Waals surface area contributed by atoms with E-state index in [1.165, 1.54) is 7.11 Å². The number of esters is 1. The summed E-state index contributed by atoms with van der Waals surface area (Å²) in [4.78, 5) is 11.5. The highest BCUT2D eigenvalue weighted by atomic mass is 16.6. The maximum atomic E-state index is 11.5. The number of ether oxygens (including phenoxy) is 4. The molecule has 3 rings (SSSR count). The lowest BCUT2D eigenvalue weighted by molar-refractivity contribution is -0.145. The van der Waals surface area contributed by atoms with Gasteiger partial charge in [-0.3, -0.25) is 5.10 Å². The molecule has 0 radical (unpaired) electrons. The minimum atomic E-state index is -0.473. The molecular weight excluding hydrogens is 364 g/mol. The van der Waals surface area contributed by atoms with Gasteiger partial charge in [0.15, 0.2) is 18.1 Å². The first-order valence-corrected chi connectivity index (χ1v) is 8.58. The highest BCUT2D eigenvalue weighted by Crippen LogP contribution is 2.44. The Balaban J connectivity index is 1.98. The number of allylic oxidation sites excluding steroid dienone is 1. The van der Waals surface area contributed by atoms with Gasteiger partial charge in [-0.1, -0.05) is 6.07 Å². The summed E-state index contributed by atoms with van der Waals surface area (Å²) in [5, 5.41) is 16.6. The first-order chi connectivity index (χ1) is 13.5. The van der Waals surface area contributed by atoms with Crippen LogP contribution in [-0.4, -0.2) is 36.5 Å². The monoisotopic (exact) mass is 384 g/mol. The van der Waals surface area contributed by atoms with Crippen molar-refractivity contribution in [3.63, 3.8) is 0 Å². The van der Waals surface area contributed by atoms with Crippen molar-refractivity contribution < 1.29 is 23.7 Å². The fraction of sp³-hybridized carbons (Fsp3) is 0.316. The molecule has 2 heterocycles. The summed E-state index contributed by atoms with van der Waals surface area (Å²) in [6.07, 6.45) is 0. The Morgan fingerprint density at radius 3 is 2.89 bits per heavy atom. The fourth-order valence-corrected chi connectivity index (χ4v) is 3.05.